The first kappa shape index (κ1) is 17.3. The summed E-state index contributed by atoms with van der Waals surface area (Å²) in [5, 5.41) is 8.30. The van der Waals surface area contributed by atoms with E-state index in [-0.39, 0.29) is 25.2 Å². The number of nitrogens with zero attached hydrogens (tertiary/aromatic N) is 2. The average Bonchev–Trinajstić information content (AvgIpc) is 2.58. The first-order valence-corrected chi connectivity index (χ1v) is 7.39. The van der Waals surface area contributed by atoms with Crippen LogP contribution in [0.15, 0.2) is 58.8 Å². The highest BCUT2D eigenvalue weighted by molar-refractivity contribution is 5.66. The molecule has 0 bridgehead atoms. The molecule has 2 aromatic carbocycles. The van der Waals surface area contributed by atoms with E-state index in [2.05, 4.69) is 10.2 Å². The van der Waals surface area contributed by atoms with E-state index in [9.17, 15) is 9.59 Å². The minimum absolute atomic E-state index is 0.247. The molecule has 0 aliphatic carbocycles. The van der Waals surface area contributed by atoms with E-state index in [1.807, 2.05) is 24.3 Å². The van der Waals surface area contributed by atoms with Crippen LogP contribution in [0, 0.1) is 0 Å². The van der Waals surface area contributed by atoms with Gasteiger partial charge in [-0.05, 0) is 35.4 Å². The van der Waals surface area contributed by atoms with Gasteiger partial charge >= 0.3 is 11.9 Å². The highest BCUT2D eigenvalue weighted by Gasteiger charge is 1.98. The van der Waals surface area contributed by atoms with Crippen LogP contribution >= 0.6 is 0 Å². The number of carbonyl (C=O) groups is 2. The van der Waals surface area contributed by atoms with Crippen LogP contribution in [0.5, 0.6) is 0 Å². The topological polar surface area (TPSA) is 77.3 Å². The van der Waals surface area contributed by atoms with Gasteiger partial charge in [-0.15, -0.1) is 0 Å². The lowest BCUT2D eigenvalue weighted by Gasteiger charge is -2.02. The molecule has 0 saturated heterocycles. The van der Waals surface area contributed by atoms with E-state index in [0.29, 0.717) is 11.4 Å². The predicted molar refractivity (Wildman–Crippen MR) is 88.0 cm³/mol. The van der Waals surface area contributed by atoms with E-state index in [4.69, 9.17) is 9.47 Å². The molecule has 0 aromatic heterocycles. The van der Waals surface area contributed by atoms with Crippen LogP contribution < -0.4 is 0 Å². The fraction of sp³-hybridized carbons (Fsp3) is 0.222. The fourth-order valence-electron chi connectivity index (χ4n) is 1.80. The SMILES string of the molecule is CC(=O)OCc1ccc(N=Nc2ccc(COC(C)=O)cc2)cc1. The zero-order valence-corrected chi connectivity index (χ0v) is 13.6. The summed E-state index contributed by atoms with van der Waals surface area (Å²) in [7, 11) is 0. The molecule has 0 fully saturated rings. The molecular formula is C18H18N2O4. The van der Waals surface area contributed by atoms with Crippen molar-refractivity contribution in [1.29, 1.82) is 0 Å². The van der Waals surface area contributed by atoms with Crippen molar-refractivity contribution >= 4 is 23.3 Å². The van der Waals surface area contributed by atoms with Gasteiger partial charge in [-0.2, -0.15) is 10.2 Å². The number of benzene rings is 2. The predicted octanol–water partition coefficient (Wildman–Crippen LogP) is 4.23. The van der Waals surface area contributed by atoms with Crippen molar-refractivity contribution in [3.8, 4) is 0 Å². The zero-order chi connectivity index (χ0) is 17.4. The normalized spacial score (nSPS) is 10.6. The molecule has 24 heavy (non-hydrogen) atoms. The summed E-state index contributed by atoms with van der Waals surface area (Å²) >= 11 is 0. The second-order valence-electron chi connectivity index (χ2n) is 5.09. The third-order valence-electron chi connectivity index (χ3n) is 3.04. The molecule has 0 amide bonds. The summed E-state index contributed by atoms with van der Waals surface area (Å²) in [5.74, 6) is -0.619. The molecule has 0 spiro atoms. The Labute approximate surface area is 140 Å². The Morgan fingerprint density at radius 3 is 1.33 bits per heavy atom. The number of rotatable bonds is 6. The van der Waals surface area contributed by atoms with Crippen LogP contribution in [0.25, 0.3) is 0 Å². The van der Waals surface area contributed by atoms with Gasteiger partial charge in [-0.25, -0.2) is 0 Å². The third-order valence-corrected chi connectivity index (χ3v) is 3.04. The van der Waals surface area contributed by atoms with E-state index < -0.39 is 0 Å². The number of azo groups is 1. The molecule has 0 atom stereocenters. The molecule has 0 saturated carbocycles. The molecule has 2 rings (SSSR count). The van der Waals surface area contributed by atoms with E-state index in [0.717, 1.165) is 11.1 Å². The Bertz CT molecular complexity index is 658. The molecule has 0 heterocycles. The fourth-order valence-corrected chi connectivity index (χ4v) is 1.80. The van der Waals surface area contributed by atoms with Gasteiger partial charge in [0.1, 0.15) is 13.2 Å². The Morgan fingerprint density at radius 2 is 1.04 bits per heavy atom. The van der Waals surface area contributed by atoms with E-state index in [1.165, 1.54) is 13.8 Å². The van der Waals surface area contributed by atoms with Crippen LogP contribution in [0.1, 0.15) is 25.0 Å². The van der Waals surface area contributed by atoms with Crippen LogP contribution in [0.4, 0.5) is 11.4 Å². The second-order valence-corrected chi connectivity index (χ2v) is 5.09. The summed E-state index contributed by atoms with van der Waals surface area (Å²) in [4.78, 5) is 21.5. The van der Waals surface area contributed by atoms with Gasteiger partial charge < -0.3 is 9.47 Å². The van der Waals surface area contributed by atoms with Crippen molar-refractivity contribution < 1.29 is 19.1 Å². The van der Waals surface area contributed by atoms with E-state index >= 15 is 0 Å². The summed E-state index contributed by atoms with van der Waals surface area (Å²) < 4.78 is 9.84. The molecule has 0 radical (unpaired) electrons. The lowest BCUT2D eigenvalue weighted by Crippen LogP contribution is -1.98. The van der Waals surface area contributed by atoms with Gasteiger partial charge in [0.15, 0.2) is 0 Å². The molecule has 6 heteroatoms. The van der Waals surface area contributed by atoms with Gasteiger partial charge in [0.05, 0.1) is 11.4 Å². The Hall–Kier alpha value is -3.02. The van der Waals surface area contributed by atoms with Crippen LogP contribution in [-0.4, -0.2) is 11.9 Å². The molecule has 124 valence electrons. The summed E-state index contributed by atoms with van der Waals surface area (Å²) in [5.41, 5.74) is 3.18. The number of hydrogen-bond acceptors (Lipinski definition) is 6. The Balaban J connectivity index is 1.92. The standard InChI is InChI=1S/C18H18N2O4/c1-13(21)23-11-15-3-7-17(8-4-15)19-20-18-9-5-16(6-10-18)12-24-14(2)22/h3-10H,11-12H2,1-2H3. The number of esters is 2. The van der Waals surface area contributed by atoms with Crippen molar-refractivity contribution in [3.05, 3.63) is 59.7 Å². The van der Waals surface area contributed by atoms with Gasteiger partial charge in [-0.1, -0.05) is 24.3 Å². The smallest absolute Gasteiger partial charge is 0.302 e. The number of carbonyl (C=O) groups excluding carboxylic acids is 2. The first-order valence-electron chi connectivity index (χ1n) is 7.39. The Kier molecular flexibility index (Phi) is 6.19. The zero-order valence-electron chi connectivity index (χ0n) is 13.6. The maximum Gasteiger partial charge on any atom is 0.302 e. The Morgan fingerprint density at radius 1 is 0.708 bits per heavy atom. The minimum atomic E-state index is -0.309. The lowest BCUT2D eigenvalue weighted by atomic mass is 10.2. The quantitative estimate of drug-likeness (QED) is 0.588. The number of ether oxygens (including phenoxy) is 2. The molecule has 0 aliphatic heterocycles. The van der Waals surface area contributed by atoms with Crippen LogP contribution in [0.2, 0.25) is 0 Å². The largest absolute Gasteiger partial charge is 0.461 e. The van der Waals surface area contributed by atoms with Gasteiger partial charge in [0.2, 0.25) is 0 Å². The highest BCUT2D eigenvalue weighted by Crippen LogP contribution is 2.19. The van der Waals surface area contributed by atoms with E-state index in [1.54, 1.807) is 24.3 Å². The average molecular weight is 326 g/mol. The lowest BCUT2D eigenvalue weighted by molar-refractivity contribution is -0.143. The minimum Gasteiger partial charge on any atom is -0.461 e. The van der Waals surface area contributed by atoms with Crippen molar-refractivity contribution in [2.45, 2.75) is 27.1 Å². The highest BCUT2D eigenvalue weighted by atomic mass is 16.5. The summed E-state index contributed by atoms with van der Waals surface area (Å²) in [6, 6.07) is 14.5. The van der Waals surface area contributed by atoms with Crippen molar-refractivity contribution in [2.24, 2.45) is 10.2 Å². The molecular weight excluding hydrogens is 308 g/mol. The third kappa shape index (κ3) is 6.00. The van der Waals surface area contributed by atoms with Crippen molar-refractivity contribution in [1.82, 2.24) is 0 Å². The summed E-state index contributed by atoms with van der Waals surface area (Å²) in [6.07, 6.45) is 0. The number of hydrogen-bond donors (Lipinski definition) is 0. The maximum atomic E-state index is 10.8. The maximum absolute atomic E-state index is 10.8. The molecule has 2 aromatic rings. The summed E-state index contributed by atoms with van der Waals surface area (Å²) in [6.45, 7) is 3.24. The van der Waals surface area contributed by atoms with Crippen molar-refractivity contribution in [2.75, 3.05) is 0 Å². The van der Waals surface area contributed by atoms with Crippen molar-refractivity contribution in [3.63, 3.8) is 0 Å². The second kappa shape index (κ2) is 8.57. The first-order chi connectivity index (χ1) is 11.5. The molecule has 0 N–H and O–H groups in total. The molecule has 0 unspecified atom stereocenters. The van der Waals surface area contributed by atoms with Gasteiger partial charge in [0, 0.05) is 13.8 Å². The molecule has 0 aliphatic rings. The van der Waals surface area contributed by atoms with Gasteiger partial charge in [-0.3, -0.25) is 9.59 Å². The molecule has 6 nitrogen and oxygen atoms in total. The van der Waals surface area contributed by atoms with Crippen LogP contribution in [-0.2, 0) is 32.3 Å². The van der Waals surface area contributed by atoms with Gasteiger partial charge in [0.25, 0.3) is 0 Å². The van der Waals surface area contributed by atoms with Crippen LogP contribution in [0.3, 0.4) is 0 Å². The monoisotopic (exact) mass is 326 g/mol.